The number of hydrogen-bond donors (Lipinski definition) is 0. The van der Waals surface area contributed by atoms with Crippen molar-refractivity contribution in [3.8, 4) is 6.07 Å². The second-order valence-corrected chi connectivity index (χ2v) is 4.68. The summed E-state index contributed by atoms with van der Waals surface area (Å²) in [4.78, 5) is 12.2. The Hall–Kier alpha value is -1.82. The zero-order valence-corrected chi connectivity index (χ0v) is 11.7. The summed E-state index contributed by atoms with van der Waals surface area (Å²) >= 11 is 0. The molecule has 0 saturated carbocycles. The molecule has 1 rings (SSSR count). The molecule has 0 aliphatic heterocycles. The van der Waals surface area contributed by atoms with E-state index in [1.807, 2.05) is 30.3 Å². The van der Waals surface area contributed by atoms with Crippen LogP contribution in [0.3, 0.4) is 0 Å². The largest absolute Gasteiger partial charge is 0.465 e. The molecule has 0 aliphatic carbocycles. The fraction of sp³-hybridized carbons (Fsp3) is 0.500. The van der Waals surface area contributed by atoms with Gasteiger partial charge in [-0.15, -0.1) is 0 Å². The molecule has 0 fully saturated rings. The second kappa shape index (κ2) is 7.58. The van der Waals surface area contributed by atoms with Crippen LogP contribution in [0.2, 0.25) is 0 Å². The molecule has 3 nitrogen and oxygen atoms in total. The summed E-state index contributed by atoms with van der Waals surface area (Å²) in [5, 5.41) is 9.51. The quantitative estimate of drug-likeness (QED) is 0.704. The van der Waals surface area contributed by atoms with Gasteiger partial charge in [0, 0.05) is 6.42 Å². The monoisotopic (exact) mass is 259 g/mol. The Kier molecular flexibility index (Phi) is 6.08. The van der Waals surface area contributed by atoms with Crippen LogP contribution in [0.5, 0.6) is 0 Å². The van der Waals surface area contributed by atoms with Crippen molar-refractivity contribution >= 4 is 5.97 Å². The lowest BCUT2D eigenvalue weighted by atomic mass is 9.78. The molecule has 19 heavy (non-hydrogen) atoms. The van der Waals surface area contributed by atoms with Crippen LogP contribution in [0.25, 0.3) is 0 Å². The molecule has 0 saturated heterocycles. The van der Waals surface area contributed by atoms with E-state index in [1.54, 1.807) is 6.92 Å². The molecule has 1 unspecified atom stereocenters. The Morgan fingerprint density at radius 1 is 1.32 bits per heavy atom. The molecule has 0 aromatic heterocycles. The number of unbranched alkanes of at least 4 members (excludes halogenated alkanes) is 1. The first kappa shape index (κ1) is 15.2. The van der Waals surface area contributed by atoms with Crippen molar-refractivity contribution in [3.05, 3.63) is 35.9 Å². The lowest BCUT2D eigenvalue weighted by Crippen LogP contribution is -2.34. The van der Waals surface area contributed by atoms with Gasteiger partial charge in [-0.25, -0.2) is 0 Å². The third kappa shape index (κ3) is 4.10. The zero-order valence-electron chi connectivity index (χ0n) is 11.7. The normalized spacial score (nSPS) is 13.3. The van der Waals surface area contributed by atoms with Gasteiger partial charge in [-0.2, -0.15) is 5.26 Å². The molecule has 0 N–H and O–H groups in total. The molecule has 0 aliphatic rings. The highest BCUT2D eigenvalue weighted by molar-refractivity contribution is 5.80. The van der Waals surface area contributed by atoms with Crippen molar-refractivity contribution in [2.45, 2.75) is 39.5 Å². The van der Waals surface area contributed by atoms with Crippen LogP contribution in [-0.2, 0) is 16.0 Å². The highest BCUT2D eigenvalue weighted by Crippen LogP contribution is 2.30. The van der Waals surface area contributed by atoms with E-state index in [1.165, 1.54) is 0 Å². The van der Waals surface area contributed by atoms with Gasteiger partial charge in [-0.3, -0.25) is 4.79 Å². The first-order valence-corrected chi connectivity index (χ1v) is 6.81. The molecule has 1 aromatic rings. The predicted molar refractivity (Wildman–Crippen MR) is 74.4 cm³/mol. The smallest absolute Gasteiger partial charge is 0.326 e. The minimum absolute atomic E-state index is 0.309. The Labute approximate surface area is 115 Å². The Bertz CT molecular complexity index is 436. The molecule has 0 bridgehead atoms. The molecule has 1 aromatic carbocycles. The highest BCUT2D eigenvalue weighted by atomic mass is 16.5. The molecule has 3 heteroatoms. The average molecular weight is 259 g/mol. The van der Waals surface area contributed by atoms with Crippen molar-refractivity contribution in [1.82, 2.24) is 0 Å². The van der Waals surface area contributed by atoms with Crippen LogP contribution in [0.4, 0.5) is 0 Å². The van der Waals surface area contributed by atoms with Crippen molar-refractivity contribution < 1.29 is 9.53 Å². The van der Waals surface area contributed by atoms with Crippen molar-refractivity contribution in [2.75, 3.05) is 6.61 Å². The minimum Gasteiger partial charge on any atom is -0.465 e. The van der Waals surface area contributed by atoms with Gasteiger partial charge in [0.25, 0.3) is 0 Å². The van der Waals surface area contributed by atoms with Crippen molar-refractivity contribution in [3.63, 3.8) is 0 Å². The number of ether oxygens (including phenoxy) is 1. The molecule has 0 amide bonds. The van der Waals surface area contributed by atoms with E-state index in [0.717, 1.165) is 18.4 Å². The molecule has 1 atom stereocenters. The first-order valence-electron chi connectivity index (χ1n) is 6.81. The zero-order chi connectivity index (χ0) is 14.1. The summed E-state index contributed by atoms with van der Waals surface area (Å²) in [6.45, 7) is 4.13. The predicted octanol–water partition coefficient (Wildman–Crippen LogP) is 3.49. The average Bonchev–Trinajstić information content (AvgIpc) is 2.45. The summed E-state index contributed by atoms with van der Waals surface area (Å²) in [7, 11) is 0. The number of rotatable bonds is 7. The van der Waals surface area contributed by atoms with Gasteiger partial charge in [0.05, 0.1) is 12.7 Å². The van der Waals surface area contributed by atoms with Gasteiger partial charge in [-0.05, 0) is 18.9 Å². The Morgan fingerprint density at radius 3 is 2.53 bits per heavy atom. The number of esters is 1. The minimum atomic E-state index is -1.05. The van der Waals surface area contributed by atoms with Crippen LogP contribution in [0.15, 0.2) is 30.3 Å². The third-order valence-corrected chi connectivity index (χ3v) is 3.19. The van der Waals surface area contributed by atoms with Crippen molar-refractivity contribution in [1.29, 1.82) is 5.26 Å². The molecule has 0 radical (unpaired) electrons. The van der Waals surface area contributed by atoms with Gasteiger partial charge in [0.1, 0.15) is 0 Å². The van der Waals surface area contributed by atoms with E-state index in [9.17, 15) is 10.1 Å². The van der Waals surface area contributed by atoms with E-state index < -0.39 is 11.4 Å². The third-order valence-electron chi connectivity index (χ3n) is 3.19. The van der Waals surface area contributed by atoms with E-state index >= 15 is 0 Å². The number of benzene rings is 1. The SMILES string of the molecule is CCCCC(C#N)(Cc1ccccc1)C(=O)OCC. The first-order chi connectivity index (χ1) is 9.18. The fourth-order valence-electron chi connectivity index (χ4n) is 2.10. The lowest BCUT2D eigenvalue weighted by molar-refractivity contribution is -0.152. The van der Waals surface area contributed by atoms with E-state index in [2.05, 4.69) is 13.0 Å². The maximum Gasteiger partial charge on any atom is 0.326 e. The topological polar surface area (TPSA) is 50.1 Å². The van der Waals surface area contributed by atoms with Crippen LogP contribution in [-0.4, -0.2) is 12.6 Å². The van der Waals surface area contributed by atoms with Gasteiger partial charge >= 0.3 is 5.97 Å². The fourth-order valence-corrected chi connectivity index (χ4v) is 2.10. The number of nitriles is 1. The van der Waals surface area contributed by atoms with Gasteiger partial charge in [0.2, 0.25) is 0 Å². The summed E-state index contributed by atoms with van der Waals surface area (Å²) in [6.07, 6.45) is 2.77. The van der Waals surface area contributed by atoms with Crippen molar-refractivity contribution in [2.24, 2.45) is 5.41 Å². The maximum absolute atomic E-state index is 12.2. The lowest BCUT2D eigenvalue weighted by Gasteiger charge is -2.24. The van der Waals surface area contributed by atoms with Gasteiger partial charge in [0.15, 0.2) is 5.41 Å². The standard InChI is InChI=1S/C16H21NO2/c1-3-5-11-16(13-17,15(18)19-4-2)12-14-9-7-6-8-10-14/h6-10H,3-5,11-12H2,1-2H3. The molecular formula is C16H21NO2. The van der Waals surface area contributed by atoms with Gasteiger partial charge in [-0.1, -0.05) is 50.1 Å². The van der Waals surface area contributed by atoms with Crippen LogP contribution >= 0.6 is 0 Å². The number of carbonyl (C=O) groups is 1. The van der Waals surface area contributed by atoms with Crippen LogP contribution in [0, 0.1) is 16.7 Å². The number of nitrogens with zero attached hydrogens (tertiary/aromatic N) is 1. The highest BCUT2D eigenvalue weighted by Gasteiger charge is 2.39. The summed E-state index contributed by atoms with van der Waals surface area (Å²) in [5.74, 6) is -0.394. The van der Waals surface area contributed by atoms with Crippen LogP contribution < -0.4 is 0 Å². The second-order valence-electron chi connectivity index (χ2n) is 4.68. The molecule has 0 heterocycles. The maximum atomic E-state index is 12.2. The van der Waals surface area contributed by atoms with Gasteiger partial charge < -0.3 is 4.74 Å². The summed E-state index contributed by atoms with van der Waals surface area (Å²) in [6, 6.07) is 11.9. The molecule has 102 valence electrons. The van der Waals surface area contributed by atoms with E-state index in [-0.39, 0.29) is 0 Å². The molecular weight excluding hydrogens is 238 g/mol. The number of carbonyl (C=O) groups excluding carboxylic acids is 1. The number of hydrogen-bond acceptors (Lipinski definition) is 3. The Morgan fingerprint density at radius 2 is 2.00 bits per heavy atom. The summed E-state index contributed by atoms with van der Waals surface area (Å²) in [5.41, 5.74) is -0.0545. The summed E-state index contributed by atoms with van der Waals surface area (Å²) < 4.78 is 5.11. The molecule has 0 spiro atoms. The Balaban J connectivity index is 2.96. The van der Waals surface area contributed by atoms with E-state index in [0.29, 0.717) is 19.4 Å². The van der Waals surface area contributed by atoms with E-state index in [4.69, 9.17) is 4.74 Å². The van der Waals surface area contributed by atoms with Crippen LogP contribution in [0.1, 0.15) is 38.7 Å².